The Hall–Kier alpha value is -7.98. The summed E-state index contributed by atoms with van der Waals surface area (Å²) in [4.78, 5) is 41.3. The molecular weight excluding hydrogens is 895 g/mol. The van der Waals surface area contributed by atoms with Gasteiger partial charge in [-0.05, 0) is 24.3 Å². The molecule has 6 aromatic heterocycles. The SMILES string of the molecule is COc1cncc2nc(-c3ccnc(N(c4cc(F)c(F)cc4F)N(c4cc(-c5nc(N6CCNCC6)c6c(OC)cncc6n5)ccn4)c4cc(F)c(F)cc4F)c3)nc(N3CCNCC3)c12. The Morgan fingerprint density at radius 1 is 0.500 bits per heavy atom. The van der Waals surface area contributed by atoms with Gasteiger partial charge < -0.3 is 29.9 Å². The van der Waals surface area contributed by atoms with Crippen molar-refractivity contribution in [1.29, 1.82) is 0 Å². The molecular formula is C46H38F6N14O2. The van der Waals surface area contributed by atoms with Crippen molar-refractivity contribution in [3.05, 3.63) is 121 Å². The Morgan fingerprint density at radius 2 is 0.897 bits per heavy atom. The molecule has 0 unspecified atom stereocenters. The second-order valence-electron chi connectivity index (χ2n) is 15.6. The Balaban J connectivity index is 1.19. The quantitative estimate of drug-likeness (QED) is 0.0772. The monoisotopic (exact) mass is 932 g/mol. The van der Waals surface area contributed by atoms with Crippen LogP contribution in [0.4, 0.5) is 61.0 Å². The summed E-state index contributed by atoms with van der Waals surface area (Å²) in [5.41, 5.74) is -0.0964. The van der Waals surface area contributed by atoms with Gasteiger partial charge in [0.1, 0.15) is 34.5 Å². The number of methoxy groups -OCH3 is 2. The van der Waals surface area contributed by atoms with Crippen molar-refractivity contribution >= 4 is 56.5 Å². The van der Waals surface area contributed by atoms with Crippen LogP contribution in [0.15, 0.2) is 85.7 Å². The largest absolute Gasteiger partial charge is 0.494 e. The third-order valence-electron chi connectivity index (χ3n) is 11.5. The van der Waals surface area contributed by atoms with E-state index in [1.807, 2.05) is 0 Å². The number of hydrazine groups is 1. The molecule has 10 rings (SSSR count). The summed E-state index contributed by atoms with van der Waals surface area (Å²) in [5, 5.41) is 9.56. The average molecular weight is 933 g/mol. The number of hydrogen-bond donors (Lipinski definition) is 2. The Bertz CT molecular complexity index is 3000. The lowest BCUT2D eigenvalue weighted by Gasteiger charge is -2.37. The number of fused-ring (bicyclic) bond motifs is 2. The van der Waals surface area contributed by atoms with E-state index in [0.29, 0.717) is 122 Å². The molecule has 8 heterocycles. The van der Waals surface area contributed by atoms with Crippen LogP contribution in [-0.2, 0) is 0 Å². The summed E-state index contributed by atoms with van der Waals surface area (Å²) >= 11 is 0. The van der Waals surface area contributed by atoms with Crippen LogP contribution in [0.2, 0.25) is 0 Å². The molecule has 22 heteroatoms. The van der Waals surface area contributed by atoms with Crippen LogP contribution in [0.1, 0.15) is 0 Å². The van der Waals surface area contributed by atoms with Gasteiger partial charge in [-0.25, -0.2) is 66.3 Å². The zero-order valence-electron chi connectivity index (χ0n) is 36.2. The molecule has 2 N–H and O–H groups in total. The molecule has 2 aromatic carbocycles. The average Bonchev–Trinajstić information content (AvgIpc) is 3.37. The molecule has 16 nitrogen and oxygen atoms in total. The van der Waals surface area contributed by atoms with E-state index in [-0.39, 0.29) is 34.4 Å². The number of aromatic nitrogens is 8. The molecule has 346 valence electrons. The van der Waals surface area contributed by atoms with E-state index in [9.17, 15) is 8.78 Å². The summed E-state index contributed by atoms with van der Waals surface area (Å²) < 4.78 is 105. The number of halogens is 6. The number of ether oxygens (including phenoxy) is 2. The summed E-state index contributed by atoms with van der Waals surface area (Å²) in [5.74, 6) is -7.10. The molecule has 8 aromatic rings. The first-order valence-electron chi connectivity index (χ1n) is 21.2. The van der Waals surface area contributed by atoms with Gasteiger partial charge in [-0.15, -0.1) is 0 Å². The lowest BCUT2D eigenvalue weighted by atomic mass is 10.1. The van der Waals surface area contributed by atoms with E-state index in [1.54, 1.807) is 36.9 Å². The summed E-state index contributed by atoms with van der Waals surface area (Å²) in [7, 11) is 3.02. The standard InChI is InChI=1S/C46H38F6N14O2/c1-67-37-23-55-21-33-41(37)45(63-11-7-53-8-12-63)61-43(59-33)25-3-5-57-39(15-25)65(35-19-29(49)27(47)17-31(35)51)66(36-20-30(50)28(48)18-32(36)52)40-16-26(4-6-58-40)44-60-34-22-56-24-38(68-2)42(34)46(62-44)64-13-9-54-10-14-64/h3-6,15-24,53-54H,7-14H2,1-2H3. The van der Waals surface area contributed by atoms with Crippen LogP contribution in [0, 0.1) is 34.9 Å². The van der Waals surface area contributed by atoms with Crippen molar-refractivity contribution < 1.29 is 35.8 Å². The number of nitrogens with one attached hydrogen (secondary N) is 2. The van der Waals surface area contributed by atoms with Crippen LogP contribution in [0.25, 0.3) is 44.6 Å². The first-order valence-corrected chi connectivity index (χ1v) is 21.2. The number of hydrogen-bond acceptors (Lipinski definition) is 16. The van der Waals surface area contributed by atoms with Crippen molar-refractivity contribution in [1.82, 2.24) is 50.5 Å². The third kappa shape index (κ3) is 8.16. The van der Waals surface area contributed by atoms with E-state index >= 15 is 17.6 Å². The topological polar surface area (TPSA) is 159 Å². The Labute approximate surface area is 383 Å². The number of rotatable bonds is 11. The predicted molar refractivity (Wildman–Crippen MR) is 241 cm³/mol. The maximum atomic E-state index is 16.5. The summed E-state index contributed by atoms with van der Waals surface area (Å²) in [6, 6.07) is 7.51. The fourth-order valence-corrected chi connectivity index (χ4v) is 8.21. The minimum absolute atomic E-state index is 0.140. The minimum Gasteiger partial charge on any atom is -0.494 e. The van der Waals surface area contributed by atoms with Gasteiger partial charge in [-0.2, -0.15) is 0 Å². The van der Waals surface area contributed by atoms with Gasteiger partial charge in [0, 0.05) is 100 Å². The van der Waals surface area contributed by atoms with Crippen molar-refractivity contribution in [2.45, 2.75) is 0 Å². The predicted octanol–water partition coefficient (Wildman–Crippen LogP) is 7.05. The second-order valence-corrected chi connectivity index (χ2v) is 15.6. The lowest BCUT2D eigenvalue weighted by molar-refractivity contribution is 0.417. The molecule has 0 saturated carbocycles. The number of piperazine rings is 2. The zero-order valence-corrected chi connectivity index (χ0v) is 36.2. The first-order chi connectivity index (χ1) is 33.1. The molecule has 2 aliphatic heterocycles. The highest BCUT2D eigenvalue weighted by Crippen LogP contribution is 2.42. The molecule has 2 aliphatic rings. The van der Waals surface area contributed by atoms with Gasteiger partial charge in [0.05, 0.1) is 60.8 Å². The van der Waals surface area contributed by atoms with Gasteiger partial charge in [0.15, 0.2) is 58.2 Å². The fraction of sp³-hybridized carbons (Fsp3) is 0.217. The van der Waals surface area contributed by atoms with E-state index in [2.05, 4.69) is 40.4 Å². The van der Waals surface area contributed by atoms with Crippen molar-refractivity contribution in [3.8, 4) is 34.3 Å². The van der Waals surface area contributed by atoms with Gasteiger partial charge >= 0.3 is 0 Å². The molecule has 0 amide bonds. The second kappa shape index (κ2) is 18.4. The maximum absolute atomic E-state index is 16.5. The Kier molecular flexibility index (Phi) is 11.9. The molecule has 0 atom stereocenters. The summed E-state index contributed by atoms with van der Waals surface area (Å²) in [6.45, 7) is 5.05. The fourth-order valence-electron chi connectivity index (χ4n) is 8.21. The number of pyridine rings is 4. The van der Waals surface area contributed by atoms with E-state index in [4.69, 9.17) is 29.4 Å². The molecule has 2 fully saturated rings. The smallest absolute Gasteiger partial charge is 0.162 e. The third-order valence-corrected chi connectivity index (χ3v) is 11.5. The number of anilines is 6. The highest BCUT2D eigenvalue weighted by atomic mass is 19.2. The van der Waals surface area contributed by atoms with Gasteiger partial charge in [0.25, 0.3) is 0 Å². The van der Waals surface area contributed by atoms with Crippen molar-refractivity contribution in [3.63, 3.8) is 0 Å². The van der Waals surface area contributed by atoms with Gasteiger partial charge in [0.2, 0.25) is 0 Å². The van der Waals surface area contributed by atoms with Crippen molar-refractivity contribution in [2.24, 2.45) is 0 Å². The molecule has 2 saturated heterocycles. The van der Waals surface area contributed by atoms with Crippen LogP contribution < -0.4 is 39.9 Å². The van der Waals surface area contributed by atoms with E-state index in [1.165, 1.54) is 38.7 Å². The lowest BCUT2D eigenvalue weighted by Crippen LogP contribution is -2.44. The van der Waals surface area contributed by atoms with Gasteiger partial charge in [-0.3, -0.25) is 9.97 Å². The molecule has 0 aliphatic carbocycles. The molecule has 0 bridgehead atoms. The normalized spacial score (nSPS) is 14.1. The summed E-state index contributed by atoms with van der Waals surface area (Å²) in [6.07, 6.45) is 8.82. The molecule has 68 heavy (non-hydrogen) atoms. The van der Waals surface area contributed by atoms with Crippen LogP contribution in [0.3, 0.4) is 0 Å². The highest BCUT2D eigenvalue weighted by molar-refractivity contribution is 5.97. The molecule has 0 spiro atoms. The van der Waals surface area contributed by atoms with E-state index in [0.717, 1.165) is 10.0 Å². The van der Waals surface area contributed by atoms with Crippen molar-refractivity contribution in [2.75, 3.05) is 86.4 Å². The molecule has 0 radical (unpaired) electrons. The van der Waals surface area contributed by atoms with Crippen LogP contribution >= 0.6 is 0 Å². The van der Waals surface area contributed by atoms with Crippen LogP contribution in [-0.4, -0.2) is 106 Å². The highest BCUT2D eigenvalue weighted by Gasteiger charge is 2.32. The van der Waals surface area contributed by atoms with E-state index < -0.39 is 46.3 Å². The minimum atomic E-state index is -1.53. The Morgan fingerprint density at radius 3 is 1.29 bits per heavy atom. The van der Waals surface area contributed by atoms with Gasteiger partial charge in [-0.1, -0.05) is 0 Å². The number of nitrogens with zero attached hydrogens (tertiary/aromatic N) is 12. The zero-order chi connectivity index (χ0) is 47.1. The first kappa shape index (κ1) is 43.9. The van der Waals surface area contributed by atoms with Crippen LogP contribution in [0.5, 0.6) is 11.5 Å². The number of benzene rings is 2. The maximum Gasteiger partial charge on any atom is 0.162 e.